The van der Waals surface area contributed by atoms with E-state index in [1.54, 1.807) is 24.4 Å². The molecule has 86 valence electrons. The van der Waals surface area contributed by atoms with E-state index in [4.69, 9.17) is 5.73 Å². The third kappa shape index (κ3) is 2.60. The summed E-state index contributed by atoms with van der Waals surface area (Å²) in [5.74, 6) is -0.365. The van der Waals surface area contributed by atoms with Crippen molar-refractivity contribution in [2.24, 2.45) is 5.73 Å². The molecule has 0 fully saturated rings. The van der Waals surface area contributed by atoms with Gasteiger partial charge in [-0.05, 0) is 17.7 Å². The Bertz CT molecular complexity index is 641. The average molecular weight is 228 g/mol. The van der Waals surface area contributed by atoms with Crippen LogP contribution in [0.2, 0.25) is 0 Å². The fourth-order valence-electron chi connectivity index (χ4n) is 1.61. The summed E-state index contributed by atoms with van der Waals surface area (Å²) in [5.41, 5.74) is 6.72. The largest absolute Gasteiger partial charge is 0.369 e. The number of fused-ring (bicyclic) bond motifs is 1. The Hall–Kier alpha value is -2.36. The highest BCUT2D eigenvalue weighted by atomic mass is 16.1. The van der Waals surface area contributed by atoms with Crippen LogP contribution >= 0.6 is 0 Å². The molecule has 1 heterocycles. The molecule has 4 nitrogen and oxygen atoms in total. The molecule has 0 aliphatic rings. The van der Waals surface area contributed by atoms with Gasteiger partial charge in [0, 0.05) is 29.6 Å². The monoisotopic (exact) mass is 228 g/mol. The van der Waals surface area contributed by atoms with E-state index in [2.05, 4.69) is 4.98 Å². The van der Waals surface area contributed by atoms with Crippen molar-refractivity contribution >= 4 is 22.9 Å². The van der Waals surface area contributed by atoms with Gasteiger partial charge in [-0.3, -0.25) is 9.59 Å². The maximum Gasteiger partial charge on any atom is 0.221 e. The Morgan fingerprint density at radius 2 is 2.18 bits per heavy atom. The van der Waals surface area contributed by atoms with Gasteiger partial charge in [0.2, 0.25) is 5.91 Å². The zero-order valence-corrected chi connectivity index (χ0v) is 9.14. The molecule has 2 aromatic rings. The SMILES string of the molecule is NC(=O)CC=Cc1ccc2c(=O)cc[nH]c2c1. The number of hydrogen-bond donors (Lipinski definition) is 2. The lowest BCUT2D eigenvalue weighted by Gasteiger charge is -1.98. The molecule has 0 atom stereocenters. The van der Waals surface area contributed by atoms with E-state index in [0.717, 1.165) is 11.1 Å². The van der Waals surface area contributed by atoms with E-state index in [9.17, 15) is 9.59 Å². The van der Waals surface area contributed by atoms with Crippen molar-refractivity contribution < 1.29 is 4.79 Å². The summed E-state index contributed by atoms with van der Waals surface area (Å²) < 4.78 is 0. The fraction of sp³-hybridized carbons (Fsp3) is 0.0769. The summed E-state index contributed by atoms with van der Waals surface area (Å²) in [5, 5.41) is 0.652. The van der Waals surface area contributed by atoms with E-state index in [1.165, 1.54) is 6.07 Å². The summed E-state index contributed by atoms with van der Waals surface area (Å²) in [6.07, 6.45) is 5.32. The molecular formula is C13H12N2O2. The fourth-order valence-corrected chi connectivity index (χ4v) is 1.61. The van der Waals surface area contributed by atoms with Crippen LogP contribution in [0.1, 0.15) is 12.0 Å². The Balaban J connectivity index is 2.35. The zero-order chi connectivity index (χ0) is 12.3. The van der Waals surface area contributed by atoms with Gasteiger partial charge in [-0.25, -0.2) is 0 Å². The lowest BCUT2D eigenvalue weighted by molar-refractivity contribution is -0.117. The summed E-state index contributed by atoms with van der Waals surface area (Å²) >= 11 is 0. The molecule has 1 aromatic carbocycles. The second kappa shape index (κ2) is 4.65. The van der Waals surface area contributed by atoms with Crippen LogP contribution in [-0.4, -0.2) is 10.9 Å². The smallest absolute Gasteiger partial charge is 0.221 e. The molecule has 3 N–H and O–H groups in total. The minimum atomic E-state index is -0.365. The lowest BCUT2D eigenvalue weighted by atomic mass is 10.1. The highest BCUT2D eigenvalue weighted by Gasteiger charge is 1.97. The number of rotatable bonds is 3. The molecule has 0 spiro atoms. The first-order valence-corrected chi connectivity index (χ1v) is 5.23. The topological polar surface area (TPSA) is 76.0 Å². The van der Waals surface area contributed by atoms with Crippen molar-refractivity contribution in [2.45, 2.75) is 6.42 Å². The summed E-state index contributed by atoms with van der Waals surface area (Å²) in [7, 11) is 0. The molecule has 0 saturated carbocycles. The minimum absolute atomic E-state index is 0.00795. The molecule has 0 saturated heterocycles. The number of primary amides is 1. The van der Waals surface area contributed by atoms with Crippen LogP contribution in [0.4, 0.5) is 0 Å². The molecule has 17 heavy (non-hydrogen) atoms. The highest BCUT2D eigenvalue weighted by molar-refractivity contribution is 5.81. The van der Waals surface area contributed by atoms with Gasteiger partial charge < -0.3 is 10.7 Å². The number of amides is 1. The van der Waals surface area contributed by atoms with Gasteiger partial charge in [0.15, 0.2) is 5.43 Å². The standard InChI is InChI=1S/C13H12N2O2/c14-13(17)3-1-2-9-4-5-10-11(8-9)15-7-6-12(10)16/h1-2,4-8H,3H2,(H2,14,17)(H,15,16). The Morgan fingerprint density at radius 3 is 2.94 bits per heavy atom. The predicted molar refractivity (Wildman–Crippen MR) is 67.4 cm³/mol. The van der Waals surface area contributed by atoms with E-state index in [-0.39, 0.29) is 17.8 Å². The minimum Gasteiger partial charge on any atom is -0.369 e. The number of nitrogens with one attached hydrogen (secondary N) is 1. The van der Waals surface area contributed by atoms with Crippen molar-refractivity contribution in [3.8, 4) is 0 Å². The van der Waals surface area contributed by atoms with Gasteiger partial charge >= 0.3 is 0 Å². The number of H-pyrrole nitrogens is 1. The maximum atomic E-state index is 11.5. The van der Waals surface area contributed by atoms with Crippen LogP contribution in [0, 0.1) is 0 Å². The quantitative estimate of drug-likeness (QED) is 0.833. The Morgan fingerprint density at radius 1 is 1.35 bits per heavy atom. The molecule has 0 aliphatic carbocycles. The molecule has 1 aromatic heterocycles. The van der Waals surface area contributed by atoms with Crippen LogP contribution in [-0.2, 0) is 4.79 Å². The number of hydrogen-bond acceptors (Lipinski definition) is 2. The van der Waals surface area contributed by atoms with Crippen LogP contribution in [0.25, 0.3) is 17.0 Å². The molecular weight excluding hydrogens is 216 g/mol. The predicted octanol–water partition coefficient (Wildman–Crippen LogP) is 1.42. The van der Waals surface area contributed by atoms with Gasteiger partial charge in [-0.2, -0.15) is 0 Å². The van der Waals surface area contributed by atoms with E-state index in [0.29, 0.717) is 5.39 Å². The lowest BCUT2D eigenvalue weighted by Crippen LogP contribution is -2.07. The molecule has 0 aliphatic heterocycles. The molecule has 1 amide bonds. The molecule has 0 bridgehead atoms. The summed E-state index contributed by atoms with van der Waals surface area (Å²) in [6, 6.07) is 6.94. The number of aromatic amines is 1. The van der Waals surface area contributed by atoms with Gasteiger partial charge in [-0.15, -0.1) is 0 Å². The van der Waals surface area contributed by atoms with Gasteiger partial charge in [-0.1, -0.05) is 18.2 Å². The third-order valence-corrected chi connectivity index (χ3v) is 2.41. The first-order valence-electron chi connectivity index (χ1n) is 5.23. The van der Waals surface area contributed by atoms with Crippen LogP contribution in [0.15, 0.2) is 41.3 Å². The van der Waals surface area contributed by atoms with Crippen molar-refractivity contribution in [3.05, 3.63) is 52.3 Å². The second-order valence-electron chi connectivity index (χ2n) is 3.72. The van der Waals surface area contributed by atoms with Crippen LogP contribution < -0.4 is 11.2 Å². The van der Waals surface area contributed by atoms with Crippen molar-refractivity contribution in [1.29, 1.82) is 0 Å². The van der Waals surface area contributed by atoms with Gasteiger partial charge in [0.25, 0.3) is 0 Å². The highest BCUT2D eigenvalue weighted by Crippen LogP contribution is 2.11. The number of pyridine rings is 1. The number of carbonyl (C=O) groups excluding carboxylic acids is 1. The number of aromatic nitrogens is 1. The molecule has 4 heteroatoms. The summed E-state index contributed by atoms with van der Waals surface area (Å²) in [4.78, 5) is 25.1. The number of carbonyl (C=O) groups is 1. The molecule has 2 rings (SSSR count). The number of nitrogens with two attached hydrogens (primary N) is 1. The van der Waals surface area contributed by atoms with E-state index < -0.39 is 0 Å². The van der Waals surface area contributed by atoms with Gasteiger partial charge in [0.05, 0.1) is 0 Å². The van der Waals surface area contributed by atoms with Crippen LogP contribution in [0.5, 0.6) is 0 Å². The van der Waals surface area contributed by atoms with E-state index >= 15 is 0 Å². The Kier molecular flexibility index (Phi) is 3.05. The molecule has 0 unspecified atom stereocenters. The first kappa shape index (κ1) is 11.1. The number of benzene rings is 1. The van der Waals surface area contributed by atoms with Gasteiger partial charge in [0.1, 0.15) is 0 Å². The normalized spacial score (nSPS) is 11.1. The Labute approximate surface area is 97.8 Å². The first-order chi connectivity index (χ1) is 8.16. The second-order valence-corrected chi connectivity index (χ2v) is 3.72. The average Bonchev–Trinajstić information content (AvgIpc) is 2.29. The molecule has 0 radical (unpaired) electrons. The van der Waals surface area contributed by atoms with Crippen molar-refractivity contribution in [3.63, 3.8) is 0 Å². The third-order valence-electron chi connectivity index (χ3n) is 2.41. The van der Waals surface area contributed by atoms with E-state index in [1.807, 2.05) is 12.1 Å². The maximum absolute atomic E-state index is 11.5. The summed E-state index contributed by atoms with van der Waals surface area (Å²) in [6.45, 7) is 0. The van der Waals surface area contributed by atoms with Crippen LogP contribution in [0.3, 0.4) is 0 Å². The zero-order valence-electron chi connectivity index (χ0n) is 9.14. The van der Waals surface area contributed by atoms with Crippen molar-refractivity contribution in [2.75, 3.05) is 0 Å². The van der Waals surface area contributed by atoms with Crippen molar-refractivity contribution in [1.82, 2.24) is 4.98 Å².